The first-order chi connectivity index (χ1) is 4.79. The Labute approximate surface area is 87.0 Å². The van der Waals surface area contributed by atoms with Crippen molar-refractivity contribution in [2.45, 2.75) is 0 Å². The van der Waals surface area contributed by atoms with Gasteiger partial charge >= 0.3 is 0 Å². The predicted octanol–water partition coefficient (Wildman–Crippen LogP) is 0.532. The van der Waals surface area contributed by atoms with Gasteiger partial charge in [-0.3, -0.25) is 0 Å². The van der Waals surface area contributed by atoms with Gasteiger partial charge in [-0.25, -0.2) is 0 Å². The molecule has 3 nitrogen and oxygen atoms in total. The molecule has 1 aromatic rings. The molecule has 55 valence electrons. The zero-order valence-corrected chi connectivity index (χ0v) is 8.32. The van der Waals surface area contributed by atoms with Gasteiger partial charge < -0.3 is 15.0 Å². The monoisotopic (exact) mass is 163 g/mol. The molecule has 0 bridgehead atoms. The van der Waals surface area contributed by atoms with Crippen molar-refractivity contribution in [2.24, 2.45) is 0 Å². The molecule has 2 N–H and O–H groups in total. The zero-order chi connectivity index (χ0) is 7.98. The van der Waals surface area contributed by atoms with Gasteiger partial charge in [0.2, 0.25) is 0 Å². The van der Waals surface area contributed by atoms with Crippen LogP contribution in [0.4, 0.5) is 0 Å². The van der Waals surface area contributed by atoms with Crippen molar-refractivity contribution in [3.8, 4) is 11.5 Å². The van der Waals surface area contributed by atoms with E-state index in [9.17, 15) is 0 Å². The van der Waals surface area contributed by atoms with E-state index in [4.69, 9.17) is 15.0 Å². The van der Waals surface area contributed by atoms with Crippen LogP contribution < -0.4 is 0 Å². The maximum atomic E-state index is 8.65. The van der Waals surface area contributed by atoms with Crippen LogP contribution in [-0.4, -0.2) is 46.6 Å². The summed E-state index contributed by atoms with van der Waals surface area (Å²) >= 11 is 0. The number of benzene rings is 1. The Morgan fingerprint density at radius 3 is 1.27 bits per heavy atom. The molecular formula is C7H8NaO3. The summed E-state index contributed by atoms with van der Waals surface area (Å²) in [6, 6.07) is 5.70. The van der Waals surface area contributed by atoms with Gasteiger partial charge in [0.25, 0.3) is 0 Å². The third-order valence-electron chi connectivity index (χ3n) is 0.850. The van der Waals surface area contributed by atoms with E-state index in [1.165, 1.54) is 24.3 Å². The smallest absolute Gasteiger partial charge is 0.115 e. The van der Waals surface area contributed by atoms with Crippen molar-refractivity contribution < 1.29 is 15.0 Å². The molecule has 0 amide bonds. The predicted molar refractivity (Wildman–Crippen MR) is 42.6 cm³/mol. The molecule has 0 saturated carbocycles. The largest absolute Gasteiger partial charge is 0.508 e. The van der Waals surface area contributed by atoms with E-state index in [0.29, 0.717) is 0 Å². The Balaban J connectivity index is 0. The summed E-state index contributed by atoms with van der Waals surface area (Å²) in [4.78, 5) is 8.00. The van der Waals surface area contributed by atoms with Crippen molar-refractivity contribution in [2.75, 3.05) is 0 Å². The summed E-state index contributed by atoms with van der Waals surface area (Å²) in [5.74, 6) is 0.339. The first-order valence-electron chi connectivity index (χ1n) is 2.56. The first kappa shape index (κ1) is 13.1. The molecular weight excluding hydrogens is 155 g/mol. The molecule has 4 heteroatoms. The van der Waals surface area contributed by atoms with Crippen molar-refractivity contribution >= 4 is 36.3 Å². The van der Waals surface area contributed by atoms with Crippen LogP contribution in [0, 0.1) is 0 Å². The van der Waals surface area contributed by atoms with Crippen molar-refractivity contribution in [3.63, 3.8) is 0 Å². The number of aromatic hydroxyl groups is 2. The van der Waals surface area contributed by atoms with Crippen LogP contribution in [0.5, 0.6) is 11.5 Å². The second-order valence-corrected chi connectivity index (χ2v) is 1.52. The molecule has 0 spiro atoms. The summed E-state index contributed by atoms with van der Waals surface area (Å²) < 4.78 is 0. The van der Waals surface area contributed by atoms with E-state index < -0.39 is 0 Å². The molecule has 0 aliphatic rings. The van der Waals surface area contributed by atoms with Gasteiger partial charge in [-0.05, 0) is 24.3 Å². The average molecular weight is 163 g/mol. The second kappa shape index (κ2) is 7.60. The molecule has 0 saturated heterocycles. The van der Waals surface area contributed by atoms with Gasteiger partial charge in [0.1, 0.15) is 18.3 Å². The minimum Gasteiger partial charge on any atom is -0.508 e. The molecule has 11 heavy (non-hydrogen) atoms. The Morgan fingerprint density at radius 1 is 0.909 bits per heavy atom. The summed E-state index contributed by atoms with van der Waals surface area (Å²) in [7, 11) is 0. The second-order valence-electron chi connectivity index (χ2n) is 1.52. The van der Waals surface area contributed by atoms with Crippen molar-refractivity contribution in [3.05, 3.63) is 24.3 Å². The van der Waals surface area contributed by atoms with Gasteiger partial charge in [0.15, 0.2) is 0 Å². The molecule has 0 fully saturated rings. The molecule has 1 radical (unpaired) electrons. The number of hydrogen-bond acceptors (Lipinski definition) is 3. The number of carbonyl (C=O) groups excluding carboxylic acids is 1. The standard InChI is InChI=1S/C6H6O2.CH2O.Na/c7-5-1-2-6(8)4-3-5;1-2;/h1-4,7-8H;1H2;. The number of phenolic OH excluding ortho intramolecular Hbond substituents is 2. The maximum absolute atomic E-state index is 8.65. The maximum Gasteiger partial charge on any atom is 0.115 e. The van der Waals surface area contributed by atoms with Crippen LogP contribution in [0.25, 0.3) is 0 Å². The van der Waals surface area contributed by atoms with Gasteiger partial charge in [0.05, 0.1) is 0 Å². The minimum atomic E-state index is 0. The normalized spacial score (nSPS) is 6.91. The third kappa shape index (κ3) is 5.91. The molecule has 0 aromatic heterocycles. The Bertz CT molecular complexity index is 164. The van der Waals surface area contributed by atoms with Crippen LogP contribution in [0.2, 0.25) is 0 Å². The molecule has 0 aliphatic heterocycles. The average Bonchev–Trinajstić information content (AvgIpc) is 2.00. The summed E-state index contributed by atoms with van der Waals surface area (Å²) in [6.07, 6.45) is 0. The molecule has 0 heterocycles. The Kier molecular flexibility index (Phi) is 9.05. The summed E-state index contributed by atoms with van der Waals surface area (Å²) in [6.45, 7) is 2.00. The van der Waals surface area contributed by atoms with Crippen LogP contribution >= 0.6 is 0 Å². The Morgan fingerprint density at radius 2 is 1.09 bits per heavy atom. The molecule has 0 atom stereocenters. The van der Waals surface area contributed by atoms with Crippen LogP contribution in [0.15, 0.2) is 24.3 Å². The quantitative estimate of drug-likeness (QED) is 0.433. The van der Waals surface area contributed by atoms with Crippen molar-refractivity contribution in [1.29, 1.82) is 0 Å². The molecule has 1 aromatic carbocycles. The van der Waals surface area contributed by atoms with Gasteiger partial charge in [-0.15, -0.1) is 0 Å². The van der Waals surface area contributed by atoms with E-state index in [1.807, 2.05) is 6.79 Å². The fraction of sp³-hybridized carbons (Fsp3) is 0. The van der Waals surface area contributed by atoms with Gasteiger partial charge in [-0.1, -0.05) is 0 Å². The van der Waals surface area contributed by atoms with Crippen LogP contribution in [0.1, 0.15) is 0 Å². The van der Waals surface area contributed by atoms with E-state index in [-0.39, 0.29) is 41.1 Å². The van der Waals surface area contributed by atoms with Gasteiger partial charge in [-0.2, -0.15) is 0 Å². The van der Waals surface area contributed by atoms with E-state index in [1.54, 1.807) is 0 Å². The minimum absolute atomic E-state index is 0. The topological polar surface area (TPSA) is 57.5 Å². The van der Waals surface area contributed by atoms with E-state index in [2.05, 4.69) is 0 Å². The molecule has 0 aliphatic carbocycles. The fourth-order valence-electron chi connectivity index (χ4n) is 0.453. The number of carbonyl (C=O) groups is 1. The zero-order valence-electron chi connectivity index (χ0n) is 6.32. The number of phenols is 2. The molecule has 1 rings (SSSR count). The molecule has 0 unspecified atom stereocenters. The van der Waals surface area contributed by atoms with E-state index in [0.717, 1.165) is 0 Å². The fourth-order valence-corrected chi connectivity index (χ4v) is 0.453. The van der Waals surface area contributed by atoms with Crippen molar-refractivity contribution in [1.82, 2.24) is 0 Å². The SMILES string of the molecule is C=O.Oc1ccc(O)cc1.[Na]. The third-order valence-corrected chi connectivity index (χ3v) is 0.850. The van der Waals surface area contributed by atoms with Crippen LogP contribution in [-0.2, 0) is 4.79 Å². The van der Waals surface area contributed by atoms with Gasteiger partial charge in [0, 0.05) is 29.6 Å². The number of rotatable bonds is 0. The van der Waals surface area contributed by atoms with Crippen LogP contribution in [0.3, 0.4) is 0 Å². The first-order valence-corrected chi connectivity index (χ1v) is 2.56. The number of hydrogen-bond donors (Lipinski definition) is 2. The summed E-state index contributed by atoms with van der Waals surface area (Å²) in [5.41, 5.74) is 0. The summed E-state index contributed by atoms with van der Waals surface area (Å²) in [5, 5.41) is 17.3. The van der Waals surface area contributed by atoms with E-state index >= 15 is 0 Å². The Hall–Kier alpha value is -0.510.